The molecule has 0 spiro atoms. The van der Waals surface area contributed by atoms with E-state index in [1.54, 1.807) is 0 Å². The topological polar surface area (TPSA) is 35.8 Å². The minimum Gasteiger partial charge on any atom is -0.310 e. The van der Waals surface area contributed by atoms with Crippen molar-refractivity contribution >= 4 is 0 Å². The van der Waals surface area contributed by atoms with Crippen LogP contribution in [0.3, 0.4) is 0 Å². The Morgan fingerprint density at radius 2 is 1.89 bits per heavy atom. The molecule has 104 valence electrons. The first kappa shape index (κ1) is 15.7. The lowest BCUT2D eigenvalue weighted by atomic mass is 9.89. The highest BCUT2D eigenvalue weighted by atomic mass is 19.1. The Morgan fingerprint density at radius 3 is 2.47 bits per heavy atom. The Kier molecular flexibility index (Phi) is 5.98. The van der Waals surface area contributed by atoms with Crippen LogP contribution in [0, 0.1) is 22.6 Å². The molecule has 0 fully saturated rings. The fourth-order valence-electron chi connectivity index (χ4n) is 1.94. The van der Waals surface area contributed by atoms with Crippen molar-refractivity contribution in [1.29, 1.82) is 5.26 Å². The molecule has 0 saturated heterocycles. The largest absolute Gasteiger partial charge is 0.310 e. The maximum absolute atomic E-state index is 12.8. The molecule has 1 atom stereocenters. The van der Waals surface area contributed by atoms with E-state index in [-0.39, 0.29) is 17.3 Å². The average molecular weight is 262 g/mol. The van der Waals surface area contributed by atoms with Gasteiger partial charge < -0.3 is 5.32 Å². The first-order valence-corrected chi connectivity index (χ1v) is 6.85. The fourth-order valence-corrected chi connectivity index (χ4v) is 1.94. The van der Waals surface area contributed by atoms with Crippen molar-refractivity contribution in [3.63, 3.8) is 0 Å². The first-order valence-electron chi connectivity index (χ1n) is 6.85. The lowest BCUT2D eigenvalue weighted by Gasteiger charge is -2.16. The van der Waals surface area contributed by atoms with E-state index in [9.17, 15) is 4.39 Å². The van der Waals surface area contributed by atoms with Gasteiger partial charge in [-0.3, -0.25) is 0 Å². The molecule has 0 aliphatic rings. The molecule has 1 rings (SSSR count). The summed E-state index contributed by atoms with van der Waals surface area (Å²) in [5.41, 5.74) is 0.876. The smallest absolute Gasteiger partial charge is 0.123 e. The van der Waals surface area contributed by atoms with E-state index in [1.807, 2.05) is 26.0 Å². The third kappa shape index (κ3) is 5.85. The molecule has 0 radical (unpaired) electrons. The Balaban J connectivity index is 2.23. The number of halogens is 1. The van der Waals surface area contributed by atoms with Crippen molar-refractivity contribution in [3.8, 4) is 6.07 Å². The van der Waals surface area contributed by atoms with E-state index in [4.69, 9.17) is 5.26 Å². The number of nitriles is 1. The number of rotatable bonds is 7. The van der Waals surface area contributed by atoms with Crippen LogP contribution in [-0.4, -0.2) is 6.54 Å². The van der Waals surface area contributed by atoms with Crippen LogP contribution in [0.1, 0.15) is 51.6 Å². The highest BCUT2D eigenvalue weighted by Crippen LogP contribution is 2.21. The van der Waals surface area contributed by atoms with Gasteiger partial charge in [-0.2, -0.15) is 5.26 Å². The molecule has 0 bridgehead atoms. The minimum absolute atomic E-state index is 0.199. The van der Waals surface area contributed by atoms with E-state index < -0.39 is 0 Å². The number of unbranched alkanes of at least 4 members (excludes halogenated alkanes) is 1. The molecule has 0 aromatic heterocycles. The molecule has 1 aromatic rings. The van der Waals surface area contributed by atoms with E-state index in [1.165, 1.54) is 12.1 Å². The van der Waals surface area contributed by atoms with Crippen molar-refractivity contribution in [2.45, 2.75) is 46.1 Å². The zero-order valence-electron chi connectivity index (χ0n) is 12.0. The summed E-state index contributed by atoms with van der Waals surface area (Å²) in [4.78, 5) is 0. The number of hydrogen-bond donors (Lipinski definition) is 1. The van der Waals surface area contributed by atoms with Crippen molar-refractivity contribution in [2.75, 3.05) is 6.54 Å². The number of benzene rings is 1. The maximum atomic E-state index is 12.8. The SMILES string of the molecule is CC(NCCCCC(C)(C)C#N)c1ccc(F)cc1. The molecule has 0 heterocycles. The highest BCUT2D eigenvalue weighted by molar-refractivity contribution is 5.19. The van der Waals surface area contributed by atoms with Gasteiger partial charge >= 0.3 is 0 Å². The van der Waals surface area contributed by atoms with E-state index in [0.717, 1.165) is 31.4 Å². The summed E-state index contributed by atoms with van der Waals surface area (Å²) < 4.78 is 12.8. The van der Waals surface area contributed by atoms with E-state index >= 15 is 0 Å². The van der Waals surface area contributed by atoms with Crippen LogP contribution in [0.5, 0.6) is 0 Å². The Hall–Kier alpha value is -1.40. The third-order valence-corrected chi connectivity index (χ3v) is 3.35. The van der Waals surface area contributed by atoms with Gasteiger partial charge in [0.25, 0.3) is 0 Å². The van der Waals surface area contributed by atoms with Crippen molar-refractivity contribution in [2.24, 2.45) is 5.41 Å². The fraction of sp³-hybridized carbons (Fsp3) is 0.562. The summed E-state index contributed by atoms with van der Waals surface area (Å²) in [7, 11) is 0. The van der Waals surface area contributed by atoms with Crippen LogP contribution >= 0.6 is 0 Å². The van der Waals surface area contributed by atoms with Gasteiger partial charge in [0.2, 0.25) is 0 Å². The number of hydrogen-bond acceptors (Lipinski definition) is 2. The molecule has 2 nitrogen and oxygen atoms in total. The summed E-state index contributed by atoms with van der Waals surface area (Å²) in [6, 6.07) is 9.14. The molecule has 0 aliphatic heterocycles. The van der Waals surface area contributed by atoms with Crippen molar-refractivity contribution in [3.05, 3.63) is 35.6 Å². The standard InChI is InChI=1S/C16H23FN2/c1-13(14-6-8-15(17)9-7-14)19-11-5-4-10-16(2,3)12-18/h6-9,13,19H,4-5,10-11H2,1-3H3. The molecule has 1 unspecified atom stereocenters. The second-order valence-electron chi connectivity index (χ2n) is 5.68. The zero-order chi connectivity index (χ0) is 14.3. The van der Waals surface area contributed by atoms with Crippen LogP contribution in [0.4, 0.5) is 4.39 Å². The first-order chi connectivity index (χ1) is 8.94. The minimum atomic E-state index is -0.220. The van der Waals surface area contributed by atoms with Gasteiger partial charge in [0.05, 0.1) is 11.5 Å². The zero-order valence-corrected chi connectivity index (χ0v) is 12.0. The summed E-state index contributed by atoms with van der Waals surface area (Å²) in [5.74, 6) is -0.199. The Bertz CT molecular complexity index is 417. The van der Waals surface area contributed by atoms with Gasteiger partial charge in [0, 0.05) is 6.04 Å². The van der Waals surface area contributed by atoms with Gasteiger partial charge in [-0.15, -0.1) is 0 Å². The second-order valence-corrected chi connectivity index (χ2v) is 5.68. The lowest BCUT2D eigenvalue weighted by Crippen LogP contribution is -2.20. The Labute approximate surface area is 115 Å². The van der Waals surface area contributed by atoms with Crippen LogP contribution in [-0.2, 0) is 0 Å². The summed E-state index contributed by atoms with van der Waals surface area (Å²) >= 11 is 0. The monoisotopic (exact) mass is 262 g/mol. The third-order valence-electron chi connectivity index (χ3n) is 3.35. The van der Waals surface area contributed by atoms with Crippen molar-refractivity contribution < 1.29 is 4.39 Å². The highest BCUT2D eigenvalue weighted by Gasteiger charge is 2.15. The lowest BCUT2D eigenvalue weighted by molar-refractivity contribution is 0.418. The quantitative estimate of drug-likeness (QED) is 0.748. The van der Waals surface area contributed by atoms with Crippen LogP contribution in [0.2, 0.25) is 0 Å². The molecule has 0 amide bonds. The van der Waals surface area contributed by atoms with Gasteiger partial charge in [-0.25, -0.2) is 4.39 Å². The van der Waals surface area contributed by atoms with Gasteiger partial charge in [0.15, 0.2) is 0 Å². The number of nitrogens with one attached hydrogen (secondary N) is 1. The predicted molar refractivity (Wildman–Crippen MR) is 76.1 cm³/mol. The number of nitrogens with zero attached hydrogens (tertiary/aromatic N) is 1. The summed E-state index contributed by atoms with van der Waals surface area (Å²) in [6.07, 6.45) is 3.02. The van der Waals surface area contributed by atoms with Crippen LogP contribution < -0.4 is 5.32 Å². The molecule has 0 saturated carbocycles. The molecular formula is C16H23FN2. The average Bonchev–Trinajstić information content (AvgIpc) is 2.39. The second kappa shape index (κ2) is 7.25. The van der Waals surface area contributed by atoms with Gasteiger partial charge in [0.1, 0.15) is 5.82 Å². The maximum Gasteiger partial charge on any atom is 0.123 e. The summed E-state index contributed by atoms with van der Waals surface area (Å²) in [5, 5.41) is 12.3. The van der Waals surface area contributed by atoms with Crippen LogP contribution in [0.15, 0.2) is 24.3 Å². The summed E-state index contributed by atoms with van der Waals surface area (Å²) in [6.45, 7) is 6.94. The molecule has 1 N–H and O–H groups in total. The molecule has 1 aromatic carbocycles. The molecular weight excluding hydrogens is 239 g/mol. The van der Waals surface area contributed by atoms with Crippen molar-refractivity contribution in [1.82, 2.24) is 5.32 Å². The van der Waals surface area contributed by atoms with Crippen LogP contribution in [0.25, 0.3) is 0 Å². The molecule has 3 heteroatoms. The predicted octanol–water partition coefficient (Wildman–Crippen LogP) is 4.20. The van der Waals surface area contributed by atoms with E-state index in [0.29, 0.717) is 0 Å². The van der Waals surface area contributed by atoms with E-state index in [2.05, 4.69) is 18.3 Å². The van der Waals surface area contributed by atoms with Gasteiger partial charge in [-0.05, 0) is 57.9 Å². The van der Waals surface area contributed by atoms with Gasteiger partial charge in [-0.1, -0.05) is 18.6 Å². The Morgan fingerprint density at radius 1 is 1.26 bits per heavy atom. The normalized spacial score (nSPS) is 13.0. The molecule has 0 aliphatic carbocycles. The molecule has 19 heavy (non-hydrogen) atoms.